The molecule has 27 heavy (non-hydrogen) atoms. The van der Waals surface area contributed by atoms with E-state index in [-0.39, 0.29) is 23.8 Å². The Morgan fingerprint density at radius 2 is 1.78 bits per heavy atom. The first-order valence-electron chi connectivity index (χ1n) is 8.71. The largest absolute Gasteiger partial charge is 0.376 e. The van der Waals surface area contributed by atoms with Gasteiger partial charge in [0.15, 0.2) is 0 Å². The highest BCUT2D eigenvalue weighted by Gasteiger charge is 2.26. The smallest absolute Gasteiger partial charge is 0.252 e. The summed E-state index contributed by atoms with van der Waals surface area (Å²) in [5, 5.41) is 6.70. The van der Waals surface area contributed by atoms with Gasteiger partial charge < -0.3 is 15.4 Å². The second-order valence-corrected chi connectivity index (χ2v) is 7.31. The molecule has 0 aliphatic carbocycles. The summed E-state index contributed by atoms with van der Waals surface area (Å²) in [5.41, 5.74) is 0.979. The maximum atomic E-state index is 12.2. The molecule has 0 aromatic heterocycles. The highest BCUT2D eigenvalue weighted by atomic mass is 35.5. The minimum absolute atomic E-state index is 0.0792. The fraction of sp³-hybridized carbons (Fsp3) is 0.300. The van der Waals surface area contributed by atoms with E-state index in [0.29, 0.717) is 40.9 Å². The zero-order chi connectivity index (χ0) is 19.2. The number of halogens is 2. The van der Waals surface area contributed by atoms with Crippen LogP contribution in [-0.4, -0.2) is 37.6 Å². The summed E-state index contributed by atoms with van der Waals surface area (Å²) in [6, 6.07) is 13.7. The van der Waals surface area contributed by atoms with Crippen LogP contribution in [0.15, 0.2) is 48.5 Å². The summed E-state index contributed by atoms with van der Waals surface area (Å²) >= 11 is 11.9. The van der Waals surface area contributed by atoms with E-state index in [2.05, 4.69) is 10.6 Å². The van der Waals surface area contributed by atoms with E-state index in [4.69, 9.17) is 27.9 Å². The van der Waals surface area contributed by atoms with Crippen molar-refractivity contribution >= 4 is 35.0 Å². The van der Waals surface area contributed by atoms with Crippen molar-refractivity contribution < 1.29 is 14.3 Å². The van der Waals surface area contributed by atoms with E-state index in [0.717, 1.165) is 6.42 Å². The van der Waals surface area contributed by atoms with Gasteiger partial charge in [0, 0.05) is 29.6 Å². The van der Waals surface area contributed by atoms with Gasteiger partial charge in [0.05, 0.1) is 23.3 Å². The average Bonchev–Trinajstić information content (AvgIpc) is 3.12. The van der Waals surface area contributed by atoms with Gasteiger partial charge in [0.25, 0.3) is 11.8 Å². The molecule has 1 heterocycles. The Labute approximate surface area is 168 Å². The van der Waals surface area contributed by atoms with Crippen LogP contribution in [0.4, 0.5) is 0 Å². The molecule has 0 spiro atoms. The number of hydrogen-bond acceptors (Lipinski definition) is 3. The summed E-state index contributed by atoms with van der Waals surface area (Å²) < 4.78 is 5.72. The summed E-state index contributed by atoms with van der Waals surface area (Å²) in [6.07, 6.45) is 0.683. The third-order valence-corrected chi connectivity index (χ3v) is 4.98. The summed E-state index contributed by atoms with van der Waals surface area (Å²) in [5.74, 6) is -0.176. The molecule has 2 atom stereocenters. The van der Waals surface area contributed by atoms with E-state index >= 15 is 0 Å². The number of amides is 2. The minimum Gasteiger partial charge on any atom is -0.376 e. The maximum Gasteiger partial charge on any atom is 0.252 e. The molecule has 0 radical (unpaired) electrons. The topological polar surface area (TPSA) is 67.4 Å². The van der Waals surface area contributed by atoms with Crippen LogP contribution in [-0.2, 0) is 4.74 Å². The Balaban J connectivity index is 1.42. The molecule has 142 valence electrons. The van der Waals surface area contributed by atoms with Gasteiger partial charge >= 0.3 is 0 Å². The molecule has 1 aliphatic heterocycles. The molecule has 2 amide bonds. The summed E-state index contributed by atoms with van der Waals surface area (Å²) in [4.78, 5) is 24.3. The van der Waals surface area contributed by atoms with Gasteiger partial charge in [0.1, 0.15) is 0 Å². The van der Waals surface area contributed by atoms with Crippen molar-refractivity contribution in [1.29, 1.82) is 0 Å². The monoisotopic (exact) mass is 406 g/mol. The number of carbonyl (C=O) groups is 2. The zero-order valence-corrected chi connectivity index (χ0v) is 16.1. The predicted molar refractivity (Wildman–Crippen MR) is 105 cm³/mol. The molecule has 0 saturated carbocycles. The van der Waals surface area contributed by atoms with Crippen LogP contribution in [0.2, 0.25) is 10.0 Å². The standard InChI is InChI=1S/C20H20Cl2N2O3/c21-15-5-3-4-14(9-15)19(25)23-10-13-8-16(27-12-13)11-24-20(26)17-6-1-2-7-18(17)22/h1-7,9,13,16H,8,10-12H2,(H,23,25)(H,24,26). The first kappa shape index (κ1) is 19.7. The van der Waals surface area contributed by atoms with Gasteiger partial charge in [0.2, 0.25) is 0 Å². The number of carbonyl (C=O) groups excluding carboxylic acids is 2. The quantitative estimate of drug-likeness (QED) is 0.770. The van der Waals surface area contributed by atoms with Crippen LogP contribution in [0.1, 0.15) is 27.1 Å². The molecule has 5 nitrogen and oxygen atoms in total. The molecule has 2 aromatic rings. The SMILES string of the molecule is O=C(NCC1COC(CNC(=O)c2ccccc2Cl)C1)c1cccc(Cl)c1. The highest BCUT2D eigenvalue weighted by molar-refractivity contribution is 6.33. The number of benzene rings is 2. The van der Waals surface area contributed by atoms with Gasteiger partial charge in [-0.05, 0) is 36.8 Å². The highest BCUT2D eigenvalue weighted by Crippen LogP contribution is 2.20. The van der Waals surface area contributed by atoms with Crippen LogP contribution in [0, 0.1) is 5.92 Å². The third-order valence-electron chi connectivity index (χ3n) is 4.41. The molecule has 1 fully saturated rings. The van der Waals surface area contributed by atoms with Crippen molar-refractivity contribution in [2.45, 2.75) is 12.5 Å². The lowest BCUT2D eigenvalue weighted by atomic mass is 10.1. The van der Waals surface area contributed by atoms with Crippen LogP contribution in [0.5, 0.6) is 0 Å². The van der Waals surface area contributed by atoms with Gasteiger partial charge in [-0.3, -0.25) is 9.59 Å². The van der Waals surface area contributed by atoms with Crippen LogP contribution < -0.4 is 10.6 Å². The molecular formula is C20H20Cl2N2O3. The number of hydrogen-bond donors (Lipinski definition) is 2. The number of ether oxygens (including phenoxy) is 1. The average molecular weight is 407 g/mol. The molecular weight excluding hydrogens is 387 g/mol. The predicted octanol–water partition coefficient (Wildman–Crippen LogP) is 3.56. The second-order valence-electron chi connectivity index (χ2n) is 6.47. The Morgan fingerprint density at radius 3 is 2.56 bits per heavy atom. The molecule has 3 rings (SSSR count). The third kappa shape index (κ3) is 5.45. The first-order valence-corrected chi connectivity index (χ1v) is 9.46. The zero-order valence-electron chi connectivity index (χ0n) is 14.6. The Hall–Kier alpha value is -2.08. The van der Waals surface area contributed by atoms with Crippen molar-refractivity contribution in [1.82, 2.24) is 10.6 Å². The van der Waals surface area contributed by atoms with E-state index in [1.165, 1.54) is 0 Å². The minimum atomic E-state index is -0.220. The maximum absolute atomic E-state index is 12.2. The first-order chi connectivity index (χ1) is 13.0. The van der Waals surface area contributed by atoms with E-state index < -0.39 is 0 Å². The van der Waals surface area contributed by atoms with Gasteiger partial charge in [-0.15, -0.1) is 0 Å². The van der Waals surface area contributed by atoms with E-state index in [1.54, 1.807) is 48.5 Å². The molecule has 2 aromatic carbocycles. The second kappa shape index (κ2) is 9.22. The number of rotatable bonds is 6. The van der Waals surface area contributed by atoms with Crippen molar-refractivity contribution in [3.63, 3.8) is 0 Å². The van der Waals surface area contributed by atoms with Crippen LogP contribution in [0.25, 0.3) is 0 Å². The van der Waals surface area contributed by atoms with Crippen molar-refractivity contribution in [2.75, 3.05) is 19.7 Å². The molecule has 7 heteroatoms. The van der Waals surface area contributed by atoms with Crippen LogP contribution in [0.3, 0.4) is 0 Å². The van der Waals surface area contributed by atoms with E-state index in [1.807, 2.05) is 0 Å². The Kier molecular flexibility index (Phi) is 6.72. The van der Waals surface area contributed by atoms with Gasteiger partial charge in [-0.1, -0.05) is 41.4 Å². The molecule has 1 saturated heterocycles. The van der Waals surface area contributed by atoms with Gasteiger partial charge in [-0.2, -0.15) is 0 Å². The van der Waals surface area contributed by atoms with Crippen LogP contribution >= 0.6 is 23.2 Å². The molecule has 0 bridgehead atoms. The summed E-state index contributed by atoms with van der Waals surface area (Å²) in [7, 11) is 0. The Morgan fingerprint density at radius 1 is 1.00 bits per heavy atom. The van der Waals surface area contributed by atoms with E-state index in [9.17, 15) is 9.59 Å². The molecule has 1 aliphatic rings. The lowest BCUT2D eigenvalue weighted by Crippen LogP contribution is -2.32. The van der Waals surface area contributed by atoms with Crippen molar-refractivity contribution in [2.24, 2.45) is 5.92 Å². The summed E-state index contributed by atoms with van der Waals surface area (Å²) in [6.45, 7) is 1.46. The fourth-order valence-electron chi connectivity index (χ4n) is 2.98. The molecule has 2 N–H and O–H groups in total. The molecule has 2 unspecified atom stereocenters. The lowest BCUT2D eigenvalue weighted by molar-refractivity contribution is 0.0843. The lowest BCUT2D eigenvalue weighted by Gasteiger charge is -2.12. The fourth-order valence-corrected chi connectivity index (χ4v) is 3.39. The van der Waals surface area contributed by atoms with Crippen molar-refractivity contribution in [3.05, 3.63) is 69.7 Å². The van der Waals surface area contributed by atoms with Crippen molar-refractivity contribution in [3.8, 4) is 0 Å². The number of nitrogens with one attached hydrogen (secondary N) is 2. The normalized spacial score (nSPS) is 18.9. The Bertz CT molecular complexity index is 828. The van der Waals surface area contributed by atoms with Gasteiger partial charge in [-0.25, -0.2) is 0 Å².